The molecule has 3 aromatic rings. The van der Waals surface area contributed by atoms with E-state index >= 15 is 0 Å². The molecular formula is C14H12N2O2. The molecule has 0 atom stereocenters. The third-order valence-electron chi connectivity index (χ3n) is 3.09. The predicted octanol–water partition coefficient (Wildman–Crippen LogP) is 2.36. The standard InChI is InChI=1S/C14H12N2O2/c1-18-14(17)9-16-12-5-3-2-4-10(12)11-6-7-15-8-13(11)16/h2-8H,9H2,1H3. The molecule has 0 amide bonds. The van der Waals surface area contributed by atoms with Gasteiger partial charge in [0, 0.05) is 22.5 Å². The molecule has 4 heteroatoms. The molecule has 3 rings (SSSR count). The molecular weight excluding hydrogens is 228 g/mol. The van der Waals surface area contributed by atoms with Gasteiger partial charge in [0.2, 0.25) is 0 Å². The lowest BCUT2D eigenvalue weighted by Crippen LogP contribution is -2.11. The van der Waals surface area contributed by atoms with Crippen molar-refractivity contribution in [2.45, 2.75) is 6.54 Å². The second-order valence-electron chi connectivity index (χ2n) is 4.07. The first kappa shape index (κ1) is 10.8. The Morgan fingerprint density at radius 2 is 2.00 bits per heavy atom. The van der Waals surface area contributed by atoms with Crippen LogP contribution in [0.1, 0.15) is 0 Å². The number of hydrogen-bond donors (Lipinski definition) is 0. The minimum absolute atomic E-state index is 0.201. The van der Waals surface area contributed by atoms with Gasteiger partial charge in [-0.1, -0.05) is 18.2 Å². The fraction of sp³-hybridized carbons (Fsp3) is 0.143. The fourth-order valence-electron chi connectivity index (χ4n) is 2.26. The van der Waals surface area contributed by atoms with Crippen LogP contribution in [0.5, 0.6) is 0 Å². The van der Waals surface area contributed by atoms with Crippen LogP contribution in [0, 0.1) is 0 Å². The van der Waals surface area contributed by atoms with Gasteiger partial charge in [0.1, 0.15) is 6.54 Å². The minimum atomic E-state index is -0.262. The first-order chi connectivity index (χ1) is 8.81. The molecule has 0 fully saturated rings. The number of esters is 1. The van der Waals surface area contributed by atoms with Crippen molar-refractivity contribution in [2.75, 3.05) is 7.11 Å². The van der Waals surface area contributed by atoms with E-state index in [0.717, 1.165) is 21.8 Å². The molecule has 90 valence electrons. The molecule has 0 aliphatic carbocycles. The Hall–Kier alpha value is -2.36. The van der Waals surface area contributed by atoms with Gasteiger partial charge >= 0.3 is 5.97 Å². The topological polar surface area (TPSA) is 44.1 Å². The number of fused-ring (bicyclic) bond motifs is 3. The van der Waals surface area contributed by atoms with E-state index < -0.39 is 0 Å². The lowest BCUT2D eigenvalue weighted by molar-refractivity contribution is -0.141. The second kappa shape index (κ2) is 4.14. The van der Waals surface area contributed by atoms with Gasteiger partial charge in [-0.25, -0.2) is 0 Å². The van der Waals surface area contributed by atoms with Crippen LogP contribution in [0.15, 0.2) is 42.7 Å². The average molecular weight is 240 g/mol. The van der Waals surface area contributed by atoms with Crippen LogP contribution in [0.2, 0.25) is 0 Å². The van der Waals surface area contributed by atoms with Crippen molar-refractivity contribution in [1.29, 1.82) is 0 Å². The first-order valence-electron chi connectivity index (χ1n) is 5.69. The second-order valence-corrected chi connectivity index (χ2v) is 4.07. The maximum absolute atomic E-state index is 11.5. The normalized spacial score (nSPS) is 10.9. The number of aromatic nitrogens is 2. The van der Waals surface area contributed by atoms with Crippen LogP contribution in [0.4, 0.5) is 0 Å². The highest BCUT2D eigenvalue weighted by Gasteiger charge is 2.12. The summed E-state index contributed by atoms with van der Waals surface area (Å²) in [5, 5.41) is 2.23. The van der Waals surface area contributed by atoms with E-state index in [1.807, 2.05) is 34.9 Å². The number of benzene rings is 1. The molecule has 18 heavy (non-hydrogen) atoms. The van der Waals surface area contributed by atoms with E-state index in [0.29, 0.717) is 0 Å². The van der Waals surface area contributed by atoms with Crippen molar-refractivity contribution in [1.82, 2.24) is 9.55 Å². The molecule has 2 aromatic heterocycles. The van der Waals surface area contributed by atoms with Gasteiger partial charge in [0.15, 0.2) is 0 Å². The summed E-state index contributed by atoms with van der Waals surface area (Å²) in [5.74, 6) is -0.262. The van der Waals surface area contributed by atoms with Gasteiger partial charge in [0.25, 0.3) is 0 Å². The van der Waals surface area contributed by atoms with Gasteiger partial charge in [-0.2, -0.15) is 0 Å². The van der Waals surface area contributed by atoms with Crippen LogP contribution < -0.4 is 0 Å². The molecule has 0 unspecified atom stereocenters. The van der Waals surface area contributed by atoms with E-state index in [-0.39, 0.29) is 12.5 Å². The maximum atomic E-state index is 11.5. The number of methoxy groups -OCH3 is 1. The van der Waals surface area contributed by atoms with Crippen molar-refractivity contribution in [3.05, 3.63) is 42.7 Å². The molecule has 2 heterocycles. The van der Waals surface area contributed by atoms with Gasteiger partial charge < -0.3 is 9.30 Å². The Labute approximate surface area is 104 Å². The van der Waals surface area contributed by atoms with Crippen LogP contribution in [0.25, 0.3) is 21.8 Å². The molecule has 0 radical (unpaired) electrons. The molecule has 1 aromatic carbocycles. The van der Waals surface area contributed by atoms with Crippen molar-refractivity contribution in [3.8, 4) is 0 Å². The summed E-state index contributed by atoms with van der Waals surface area (Å²) >= 11 is 0. The number of ether oxygens (including phenoxy) is 1. The summed E-state index contributed by atoms with van der Waals surface area (Å²) in [6.07, 6.45) is 3.54. The highest BCUT2D eigenvalue weighted by Crippen LogP contribution is 2.27. The molecule has 0 saturated carbocycles. The third-order valence-corrected chi connectivity index (χ3v) is 3.09. The van der Waals surface area contributed by atoms with Gasteiger partial charge in [-0.3, -0.25) is 9.78 Å². The highest BCUT2D eigenvalue weighted by atomic mass is 16.5. The molecule has 0 spiro atoms. The monoisotopic (exact) mass is 240 g/mol. The summed E-state index contributed by atoms with van der Waals surface area (Å²) in [6.45, 7) is 0.201. The largest absolute Gasteiger partial charge is 0.468 e. The Morgan fingerprint density at radius 1 is 1.22 bits per heavy atom. The third kappa shape index (κ3) is 1.54. The number of carbonyl (C=O) groups excluding carboxylic acids is 1. The quantitative estimate of drug-likeness (QED) is 0.646. The summed E-state index contributed by atoms with van der Waals surface area (Å²) < 4.78 is 6.68. The molecule has 0 N–H and O–H groups in total. The zero-order chi connectivity index (χ0) is 12.5. The fourth-order valence-corrected chi connectivity index (χ4v) is 2.26. The SMILES string of the molecule is COC(=O)Cn1c2ccccc2c2ccncc21. The van der Waals surface area contributed by atoms with Gasteiger partial charge in [-0.15, -0.1) is 0 Å². The first-order valence-corrected chi connectivity index (χ1v) is 5.69. The van der Waals surface area contributed by atoms with Crippen LogP contribution in [-0.2, 0) is 16.1 Å². The Morgan fingerprint density at radius 3 is 2.83 bits per heavy atom. The lowest BCUT2D eigenvalue weighted by atomic mass is 10.2. The maximum Gasteiger partial charge on any atom is 0.325 e. The van der Waals surface area contributed by atoms with Crippen molar-refractivity contribution >= 4 is 27.8 Å². The zero-order valence-corrected chi connectivity index (χ0v) is 9.96. The summed E-state index contributed by atoms with van der Waals surface area (Å²) in [4.78, 5) is 15.6. The smallest absolute Gasteiger partial charge is 0.325 e. The molecule has 0 bridgehead atoms. The number of para-hydroxylation sites is 1. The number of hydrogen-bond acceptors (Lipinski definition) is 3. The number of pyridine rings is 1. The van der Waals surface area contributed by atoms with Crippen LogP contribution >= 0.6 is 0 Å². The zero-order valence-electron chi connectivity index (χ0n) is 9.96. The van der Waals surface area contributed by atoms with Crippen molar-refractivity contribution < 1.29 is 9.53 Å². The minimum Gasteiger partial charge on any atom is -0.468 e. The predicted molar refractivity (Wildman–Crippen MR) is 69.3 cm³/mol. The summed E-state index contributed by atoms with van der Waals surface area (Å²) in [5.41, 5.74) is 1.97. The van der Waals surface area contributed by atoms with E-state index in [1.165, 1.54) is 7.11 Å². The Balaban J connectivity index is 2.34. The van der Waals surface area contributed by atoms with E-state index in [9.17, 15) is 4.79 Å². The summed E-state index contributed by atoms with van der Waals surface area (Å²) in [6, 6.07) is 9.96. The van der Waals surface area contributed by atoms with Gasteiger partial charge in [-0.05, 0) is 12.1 Å². The Kier molecular flexibility index (Phi) is 2.48. The molecule has 0 aliphatic rings. The molecule has 0 aliphatic heterocycles. The van der Waals surface area contributed by atoms with E-state index in [4.69, 9.17) is 4.74 Å². The van der Waals surface area contributed by atoms with Crippen LogP contribution in [0.3, 0.4) is 0 Å². The lowest BCUT2D eigenvalue weighted by Gasteiger charge is -2.04. The van der Waals surface area contributed by atoms with Crippen molar-refractivity contribution in [3.63, 3.8) is 0 Å². The highest BCUT2D eigenvalue weighted by molar-refractivity contribution is 6.08. The van der Waals surface area contributed by atoms with E-state index in [2.05, 4.69) is 4.98 Å². The van der Waals surface area contributed by atoms with Crippen molar-refractivity contribution in [2.24, 2.45) is 0 Å². The number of rotatable bonds is 2. The van der Waals surface area contributed by atoms with Gasteiger partial charge in [0.05, 0.1) is 18.8 Å². The number of carbonyl (C=O) groups is 1. The van der Waals surface area contributed by atoms with E-state index in [1.54, 1.807) is 12.4 Å². The van der Waals surface area contributed by atoms with Crippen LogP contribution in [-0.4, -0.2) is 22.6 Å². The summed E-state index contributed by atoms with van der Waals surface area (Å²) in [7, 11) is 1.40. The Bertz CT molecular complexity index is 678. The molecule has 0 saturated heterocycles. The average Bonchev–Trinajstić information content (AvgIpc) is 2.74. The number of nitrogens with zero attached hydrogens (tertiary/aromatic N) is 2. The molecule has 4 nitrogen and oxygen atoms in total.